The summed E-state index contributed by atoms with van der Waals surface area (Å²) in [5.74, 6) is 0. The molecule has 0 fully saturated rings. The summed E-state index contributed by atoms with van der Waals surface area (Å²) in [5, 5.41) is 3.93. The van der Waals surface area contributed by atoms with Gasteiger partial charge in [-0.2, -0.15) is 0 Å². The average molecular weight is 311 g/mol. The molecule has 0 unspecified atom stereocenters. The lowest BCUT2D eigenvalue weighted by molar-refractivity contribution is 1.19. The Morgan fingerprint density at radius 3 is 2.63 bits per heavy atom. The third-order valence-corrected chi connectivity index (χ3v) is 4.60. The Balaban J connectivity index is 2.08. The first-order chi connectivity index (χ1) is 8.97. The van der Waals surface area contributed by atoms with Crippen LogP contribution in [0.5, 0.6) is 0 Å². The molecule has 0 bridgehead atoms. The predicted octanol–water partition coefficient (Wildman–Crippen LogP) is 4.26. The Morgan fingerprint density at radius 1 is 1.37 bits per heavy atom. The topological polar surface area (TPSA) is 38.0 Å². The van der Waals surface area contributed by atoms with Gasteiger partial charge in [0.2, 0.25) is 0 Å². The second-order valence-corrected chi connectivity index (χ2v) is 6.55. The van der Waals surface area contributed by atoms with Crippen molar-refractivity contribution >= 4 is 45.8 Å². The van der Waals surface area contributed by atoms with Crippen LogP contribution in [0.4, 0.5) is 5.69 Å². The number of hydrogen-bond donors (Lipinski definition) is 2. The van der Waals surface area contributed by atoms with Crippen molar-refractivity contribution in [3.05, 3.63) is 50.2 Å². The fourth-order valence-electron chi connectivity index (χ4n) is 1.75. The quantitative estimate of drug-likeness (QED) is 0.828. The minimum Gasteiger partial charge on any atom is -0.389 e. The zero-order valence-corrected chi connectivity index (χ0v) is 13.2. The molecule has 0 amide bonds. The van der Waals surface area contributed by atoms with Gasteiger partial charge in [0, 0.05) is 27.5 Å². The Bertz CT molecular complexity index is 600. The van der Waals surface area contributed by atoms with Crippen LogP contribution in [0.1, 0.15) is 20.9 Å². The minimum atomic E-state index is 0.320. The zero-order valence-electron chi connectivity index (χ0n) is 10.8. The number of aryl methyl sites for hydroxylation is 2. The SMILES string of the molecule is Cc1cc(CNc2ccc(C(N)=S)c(Cl)c2)sc1C. The molecule has 0 aliphatic carbocycles. The molecule has 100 valence electrons. The molecule has 0 aliphatic heterocycles. The molecular formula is C14H15ClN2S2. The summed E-state index contributed by atoms with van der Waals surface area (Å²) in [4.78, 5) is 2.99. The summed E-state index contributed by atoms with van der Waals surface area (Å²) < 4.78 is 0. The van der Waals surface area contributed by atoms with E-state index in [9.17, 15) is 0 Å². The number of hydrogen-bond acceptors (Lipinski definition) is 3. The van der Waals surface area contributed by atoms with Crippen molar-refractivity contribution < 1.29 is 0 Å². The molecule has 0 atom stereocenters. The minimum absolute atomic E-state index is 0.320. The van der Waals surface area contributed by atoms with Gasteiger partial charge in [-0.05, 0) is 43.7 Å². The second-order valence-electron chi connectivity index (χ2n) is 4.36. The van der Waals surface area contributed by atoms with Crippen molar-refractivity contribution in [3.63, 3.8) is 0 Å². The van der Waals surface area contributed by atoms with Crippen LogP contribution in [0.15, 0.2) is 24.3 Å². The van der Waals surface area contributed by atoms with E-state index in [1.54, 1.807) is 0 Å². The average Bonchev–Trinajstić information content (AvgIpc) is 2.66. The highest BCUT2D eigenvalue weighted by molar-refractivity contribution is 7.80. The van der Waals surface area contributed by atoms with Gasteiger partial charge in [0.15, 0.2) is 0 Å². The van der Waals surface area contributed by atoms with E-state index in [4.69, 9.17) is 29.6 Å². The molecule has 0 radical (unpaired) electrons. The van der Waals surface area contributed by atoms with E-state index in [2.05, 4.69) is 25.2 Å². The maximum atomic E-state index is 6.13. The van der Waals surface area contributed by atoms with Gasteiger partial charge in [-0.3, -0.25) is 0 Å². The Morgan fingerprint density at radius 2 is 2.11 bits per heavy atom. The lowest BCUT2D eigenvalue weighted by Crippen LogP contribution is -2.10. The van der Waals surface area contributed by atoms with Gasteiger partial charge in [0.1, 0.15) is 4.99 Å². The van der Waals surface area contributed by atoms with E-state index in [0.29, 0.717) is 15.6 Å². The van der Waals surface area contributed by atoms with Crippen LogP contribution in [-0.2, 0) is 6.54 Å². The molecule has 5 heteroatoms. The molecule has 0 saturated carbocycles. The summed E-state index contributed by atoms with van der Waals surface area (Å²) in [5.41, 5.74) is 8.59. The molecule has 2 aromatic rings. The maximum absolute atomic E-state index is 6.13. The molecule has 3 N–H and O–H groups in total. The summed E-state index contributed by atoms with van der Waals surface area (Å²) >= 11 is 12.9. The van der Waals surface area contributed by atoms with Crippen molar-refractivity contribution in [3.8, 4) is 0 Å². The maximum Gasteiger partial charge on any atom is 0.105 e. The van der Waals surface area contributed by atoms with Gasteiger partial charge in [-0.25, -0.2) is 0 Å². The lowest BCUT2D eigenvalue weighted by atomic mass is 10.2. The monoisotopic (exact) mass is 310 g/mol. The van der Waals surface area contributed by atoms with Gasteiger partial charge in [0.25, 0.3) is 0 Å². The van der Waals surface area contributed by atoms with Gasteiger partial charge >= 0.3 is 0 Å². The molecule has 0 aliphatic rings. The van der Waals surface area contributed by atoms with E-state index < -0.39 is 0 Å². The molecule has 1 aromatic heterocycles. The van der Waals surface area contributed by atoms with E-state index in [1.165, 1.54) is 15.3 Å². The molecule has 1 heterocycles. The molecule has 19 heavy (non-hydrogen) atoms. The molecule has 2 nitrogen and oxygen atoms in total. The summed E-state index contributed by atoms with van der Waals surface area (Å²) in [6, 6.07) is 7.84. The number of thiophene rings is 1. The second kappa shape index (κ2) is 5.90. The Kier molecular flexibility index (Phi) is 4.45. The Labute approximate surface area is 127 Å². The number of nitrogens with two attached hydrogens (primary N) is 1. The van der Waals surface area contributed by atoms with Crippen LogP contribution in [0.2, 0.25) is 5.02 Å². The van der Waals surface area contributed by atoms with Crippen LogP contribution in [0.3, 0.4) is 0 Å². The van der Waals surface area contributed by atoms with Crippen LogP contribution in [-0.4, -0.2) is 4.99 Å². The standard InChI is InChI=1S/C14H15ClN2S2/c1-8-5-11(19-9(8)2)7-17-10-3-4-12(14(16)18)13(15)6-10/h3-6,17H,7H2,1-2H3,(H2,16,18). The zero-order chi connectivity index (χ0) is 14.0. The van der Waals surface area contributed by atoms with Crippen molar-refractivity contribution in [1.29, 1.82) is 0 Å². The van der Waals surface area contributed by atoms with E-state index in [1.807, 2.05) is 29.5 Å². The molecule has 2 rings (SSSR count). The first-order valence-electron chi connectivity index (χ1n) is 5.86. The fraction of sp³-hybridized carbons (Fsp3) is 0.214. The summed E-state index contributed by atoms with van der Waals surface area (Å²) in [6.45, 7) is 5.06. The number of anilines is 1. The fourth-order valence-corrected chi connectivity index (χ4v) is 3.26. The number of nitrogens with one attached hydrogen (secondary N) is 1. The highest BCUT2D eigenvalue weighted by atomic mass is 35.5. The van der Waals surface area contributed by atoms with Crippen molar-refractivity contribution in [1.82, 2.24) is 0 Å². The predicted molar refractivity (Wildman–Crippen MR) is 88.5 cm³/mol. The number of halogens is 1. The third kappa shape index (κ3) is 3.47. The molecule has 1 aromatic carbocycles. The third-order valence-electron chi connectivity index (χ3n) is 2.92. The summed E-state index contributed by atoms with van der Waals surface area (Å²) in [7, 11) is 0. The number of thiocarbonyl (C=S) groups is 1. The van der Waals surface area contributed by atoms with Crippen molar-refractivity contribution in [2.75, 3.05) is 5.32 Å². The lowest BCUT2D eigenvalue weighted by Gasteiger charge is -2.08. The molecule has 0 spiro atoms. The van der Waals surface area contributed by atoms with E-state index >= 15 is 0 Å². The van der Waals surface area contributed by atoms with E-state index in [0.717, 1.165) is 12.2 Å². The largest absolute Gasteiger partial charge is 0.389 e. The van der Waals surface area contributed by atoms with Gasteiger partial charge < -0.3 is 11.1 Å². The molecular weight excluding hydrogens is 296 g/mol. The first kappa shape index (κ1) is 14.3. The van der Waals surface area contributed by atoms with Crippen molar-refractivity contribution in [2.24, 2.45) is 5.73 Å². The van der Waals surface area contributed by atoms with Crippen LogP contribution < -0.4 is 11.1 Å². The molecule has 0 saturated heterocycles. The highest BCUT2D eigenvalue weighted by Gasteiger charge is 2.05. The van der Waals surface area contributed by atoms with Gasteiger partial charge in [-0.15, -0.1) is 11.3 Å². The van der Waals surface area contributed by atoms with Crippen LogP contribution in [0.25, 0.3) is 0 Å². The number of rotatable bonds is 4. The van der Waals surface area contributed by atoms with Crippen molar-refractivity contribution in [2.45, 2.75) is 20.4 Å². The van der Waals surface area contributed by atoms with Crippen LogP contribution in [0, 0.1) is 13.8 Å². The van der Waals surface area contributed by atoms with Gasteiger partial charge in [-0.1, -0.05) is 23.8 Å². The normalized spacial score (nSPS) is 10.5. The van der Waals surface area contributed by atoms with E-state index in [-0.39, 0.29) is 0 Å². The number of benzene rings is 1. The Hall–Kier alpha value is -1.10. The highest BCUT2D eigenvalue weighted by Crippen LogP contribution is 2.24. The van der Waals surface area contributed by atoms with Crippen LogP contribution >= 0.6 is 35.2 Å². The smallest absolute Gasteiger partial charge is 0.105 e. The summed E-state index contributed by atoms with van der Waals surface area (Å²) in [6.07, 6.45) is 0. The first-order valence-corrected chi connectivity index (χ1v) is 7.47. The van der Waals surface area contributed by atoms with Gasteiger partial charge in [0.05, 0.1) is 5.02 Å².